The fourth-order valence-electron chi connectivity index (χ4n) is 3.25. The molecule has 1 atom stereocenters. The Morgan fingerprint density at radius 2 is 1.66 bits per heavy atom. The van der Waals surface area contributed by atoms with Crippen LogP contribution in [0.2, 0.25) is 5.02 Å². The molecule has 0 aromatic heterocycles. The molecule has 0 heterocycles. The van der Waals surface area contributed by atoms with Crippen LogP contribution in [0.4, 0.5) is 5.69 Å². The quantitative estimate of drug-likeness (QED) is 0.675. The lowest BCUT2D eigenvalue weighted by Gasteiger charge is -2.24. The zero-order valence-corrected chi connectivity index (χ0v) is 17.8. The highest BCUT2D eigenvalue weighted by Crippen LogP contribution is 2.22. The molecule has 3 rings (SSSR count). The topological polar surface area (TPSA) is 84.5 Å². The number of amides is 1. The van der Waals surface area contributed by atoms with Crippen LogP contribution in [0, 0.1) is 0 Å². The molecule has 1 aliphatic carbocycles. The first-order chi connectivity index (χ1) is 13.8. The molecule has 29 heavy (non-hydrogen) atoms. The smallest absolute Gasteiger partial charge is 0.261 e. The SMILES string of the molecule is C[C@@H](Oc1ccc(S(=O)(=O)Nc2ccc(Cl)cc2)cc1)C(=O)NC1CCCCC1. The van der Waals surface area contributed by atoms with Crippen molar-refractivity contribution in [2.45, 2.75) is 56.1 Å². The van der Waals surface area contributed by atoms with Crippen molar-refractivity contribution in [2.24, 2.45) is 0 Å². The summed E-state index contributed by atoms with van der Waals surface area (Å²) in [6.45, 7) is 1.69. The summed E-state index contributed by atoms with van der Waals surface area (Å²) in [6.07, 6.45) is 4.85. The van der Waals surface area contributed by atoms with Crippen LogP contribution >= 0.6 is 11.6 Å². The molecule has 0 spiro atoms. The highest BCUT2D eigenvalue weighted by atomic mass is 35.5. The van der Waals surface area contributed by atoms with Crippen molar-refractivity contribution in [1.29, 1.82) is 0 Å². The molecule has 0 radical (unpaired) electrons. The summed E-state index contributed by atoms with van der Waals surface area (Å²) in [4.78, 5) is 12.4. The third-order valence-electron chi connectivity index (χ3n) is 4.86. The first kappa shape index (κ1) is 21.5. The fraction of sp³-hybridized carbons (Fsp3) is 0.381. The van der Waals surface area contributed by atoms with E-state index in [9.17, 15) is 13.2 Å². The first-order valence-corrected chi connectivity index (χ1v) is 11.5. The molecule has 2 aromatic rings. The molecular weight excluding hydrogens is 412 g/mol. The van der Waals surface area contributed by atoms with Crippen LogP contribution in [0.3, 0.4) is 0 Å². The number of sulfonamides is 1. The summed E-state index contributed by atoms with van der Waals surface area (Å²) in [5, 5.41) is 3.55. The number of nitrogens with one attached hydrogen (secondary N) is 2. The van der Waals surface area contributed by atoms with Gasteiger partial charge in [0.25, 0.3) is 15.9 Å². The lowest BCUT2D eigenvalue weighted by molar-refractivity contribution is -0.128. The molecule has 1 amide bonds. The minimum atomic E-state index is -3.73. The van der Waals surface area contributed by atoms with Crippen molar-refractivity contribution in [3.63, 3.8) is 0 Å². The van der Waals surface area contributed by atoms with Crippen molar-refractivity contribution >= 4 is 33.2 Å². The number of hydrogen-bond acceptors (Lipinski definition) is 4. The second-order valence-corrected chi connectivity index (χ2v) is 9.31. The number of rotatable bonds is 7. The van der Waals surface area contributed by atoms with E-state index in [1.807, 2.05) is 0 Å². The van der Waals surface area contributed by atoms with Crippen LogP contribution in [0.5, 0.6) is 5.75 Å². The van der Waals surface area contributed by atoms with Gasteiger partial charge in [-0.25, -0.2) is 8.42 Å². The monoisotopic (exact) mass is 436 g/mol. The molecule has 0 bridgehead atoms. The van der Waals surface area contributed by atoms with E-state index < -0.39 is 16.1 Å². The zero-order valence-electron chi connectivity index (χ0n) is 16.2. The van der Waals surface area contributed by atoms with Crippen LogP contribution in [0.25, 0.3) is 0 Å². The second-order valence-electron chi connectivity index (χ2n) is 7.19. The van der Waals surface area contributed by atoms with Crippen molar-refractivity contribution < 1.29 is 17.9 Å². The van der Waals surface area contributed by atoms with E-state index in [2.05, 4.69) is 10.0 Å². The maximum Gasteiger partial charge on any atom is 0.261 e. The minimum absolute atomic E-state index is 0.0964. The highest BCUT2D eigenvalue weighted by molar-refractivity contribution is 7.92. The van der Waals surface area contributed by atoms with Crippen molar-refractivity contribution in [2.75, 3.05) is 4.72 Å². The maximum absolute atomic E-state index is 12.5. The van der Waals surface area contributed by atoms with Crippen LogP contribution in [-0.2, 0) is 14.8 Å². The van der Waals surface area contributed by atoms with Crippen molar-refractivity contribution in [1.82, 2.24) is 5.32 Å². The predicted octanol–water partition coefficient (Wildman–Crippen LogP) is 4.36. The number of anilines is 1. The molecule has 0 aliphatic heterocycles. The van der Waals surface area contributed by atoms with Gasteiger partial charge in [-0.3, -0.25) is 9.52 Å². The number of ether oxygens (including phenoxy) is 1. The maximum atomic E-state index is 12.5. The summed E-state index contributed by atoms with van der Waals surface area (Å²) in [5.41, 5.74) is 0.419. The predicted molar refractivity (Wildman–Crippen MR) is 114 cm³/mol. The van der Waals surface area contributed by atoms with Gasteiger partial charge in [-0.15, -0.1) is 0 Å². The molecule has 0 unspecified atom stereocenters. The summed E-state index contributed by atoms with van der Waals surface area (Å²) >= 11 is 5.82. The summed E-state index contributed by atoms with van der Waals surface area (Å²) in [7, 11) is -3.73. The molecule has 1 fully saturated rings. The molecular formula is C21H25ClN2O4S. The van der Waals surface area contributed by atoms with E-state index in [0.717, 1.165) is 25.7 Å². The van der Waals surface area contributed by atoms with Crippen molar-refractivity contribution in [3.8, 4) is 5.75 Å². The Bertz CT molecular complexity index is 924. The van der Waals surface area contributed by atoms with Gasteiger partial charge >= 0.3 is 0 Å². The van der Waals surface area contributed by atoms with E-state index in [-0.39, 0.29) is 16.8 Å². The normalized spacial score (nSPS) is 16.1. The minimum Gasteiger partial charge on any atom is -0.481 e. The van der Waals surface area contributed by atoms with Crippen LogP contribution < -0.4 is 14.8 Å². The Morgan fingerprint density at radius 3 is 2.28 bits per heavy atom. The van der Waals surface area contributed by atoms with Gasteiger partial charge in [-0.1, -0.05) is 30.9 Å². The molecule has 2 aromatic carbocycles. The first-order valence-electron chi connectivity index (χ1n) is 9.69. The largest absolute Gasteiger partial charge is 0.481 e. The lowest BCUT2D eigenvalue weighted by Crippen LogP contribution is -2.43. The molecule has 6 nitrogen and oxygen atoms in total. The average molecular weight is 437 g/mol. The molecule has 156 valence electrons. The Balaban J connectivity index is 1.58. The van der Waals surface area contributed by atoms with Gasteiger partial charge in [0.2, 0.25) is 0 Å². The van der Waals surface area contributed by atoms with Gasteiger partial charge in [0.05, 0.1) is 4.90 Å². The number of benzene rings is 2. The van der Waals surface area contributed by atoms with Gasteiger partial charge in [-0.2, -0.15) is 0 Å². The average Bonchev–Trinajstić information content (AvgIpc) is 2.71. The Kier molecular flexibility index (Phi) is 7.03. The van der Waals surface area contributed by atoms with E-state index in [1.54, 1.807) is 43.3 Å². The fourth-order valence-corrected chi connectivity index (χ4v) is 4.44. The summed E-state index contributed by atoms with van der Waals surface area (Å²) in [6, 6.07) is 12.6. The summed E-state index contributed by atoms with van der Waals surface area (Å²) < 4.78 is 33.2. The highest BCUT2D eigenvalue weighted by Gasteiger charge is 2.21. The van der Waals surface area contributed by atoms with Crippen LogP contribution in [-0.4, -0.2) is 26.5 Å². The van der Waals surface area contributed by atoms with Crippen molar-refractivity contribution in [3.05, 3.63) is 53.6 Å². The standard InChI is InChI=1S/C21H25ClN2O4S/c1-15(21(25)23-17-5-3-2-4-6-17)28-19-11-13-20(14-12-19)29(26,27)24-18-9-7-16(22)8-10-18/h7-15,17,24H,2-6H2,1H3,(H,23,25)/t15-/m1/s1. The third kappa shape index (κ3) is 6.11. The van der Waals surface area contributed by atoms with E-state index in [1.165, 1.54) is 18.6 Å². The molecule has 8 heteroatoms. The second kappa shape index (κ2) is 9.50. The Labute approximate surface area is 176 Å². The number of carbonyl (C=O) groups is 1. The number of carbonyl (C=O) groups excluding carboxylic acids is 1. The number of hydrogen-bond donors (Lipinski definition) is 2. The van der Waals surface area contributed by atoms with E-state index >= 15 is 0 Å². The lowest BCUT2D eigenvalue weighted by atomic mass is 9.95. The Hall–Kier alpha value is -2.25. The summed E-state index contributed by atoms with van der Waals surface area (Å²) in [5.74, 6) is 0.278. The van der Waals surface area contributed by atoms with Gasteiger partial charge in [0.15, 0.2) is 6.10 Å². The van der Waals surface area contributed by atoms with Gasteiger partial charge < -0.3 is 10.1 Å². The van der Waals surface area contributed by atoms with Gasteiger partial charge in [-0.05, 0) is 68.3 Å². The molecule has 1 saturated carbocycles. The van der Waals surface area contributed by atoms with E-state index in [4.69, 9.17) is 16.3 Å². The van der Waals surface area contributed by atoms with Gasteiger partial charge in [0.1, 0.15) is 5.75 Å². The van der Waals surface area contributed by atoms with E-state index in [0.29, 0.717) is 16.5 Å². The Morgan fingerprint density at radius 1 is 1.03 bits per heavy atom. The molecule has 1 aliphatic rings. The zero-order chi connectivity index (χ0) is 20.9. The molecule has 0 saturated heterocycles. The van der Waals surface area contributed by atoms with Crippen LogP contribution in [0.15, 0.2) is 53.4 Å². The molecule has 2 N–H and O–H groups in total. The van der Waals surface area contributed by atoms with Crippen LogP contribution in [0.1, 0.15) is 39.0 Å². The van der Waals surface area contributed by atoms with Gasteiger partial charge in [0, 0.05) is 16.8 Å². The third-order valence-corrected chi connectivity index (χ3v) is 6.51. The number of halogens is 1.